The van der Waals surface area contributed by atoms with E-state index in [-0.39, 0.29) is 11.6 Å². The van der Waals surface area contributed by atoms with Crippen molar-refractivity contribution in [2.24, 2.45) is 7.05 Å². The Labute approximate surface area is 188 Å². The Balaban J connectivity index is 1.40. The van der Waals surface area contributed by atoms with Crippen LogP contribution in [0.25, 0.3) is 22.2 Å². The molecule has 4 heterocycles. The zero-order chi connectivity index (χ0) is 22.5. The highest BCUT2D eigenvalue weighted by Gasteiger charge is 2.25. The van der Waals surface area contributed by atoms with Gasteiger partial charge in [0, 0.05) is 37.2 Å². The van der Waals surface area contributed by atoms with Gasteiger partial charge < -0.3 is 15.0 Å². The van der Waals surface area contributed by atoms with Crippen molar-refractivity contribution >= 4 is 22.7 Å². The summed E-state index contributed by atoms with van der Waals surface area (Å²) in [7, 11) is 1.74. The Morgan fingerprint density at radius 1 is 1.18 bits per heavy atom. The Kier molecular flexibility index (Phi) is 4.36. The molecule has 2 N–H and O–H groups in total. The second-order valence-electron chi connectivity index (χ2n) is 8.11. The van der Waals surface area contributed by atoms with E-state index in [0.29, 0.717) is 23.8 Å². The van der Waals surface area contributed by atoms with Gasteiger partial charge in [-0.3, -0.25) is 0 Å². The van der Waals surface area contributed by atoms with Crippen LogP contribution < -0.4 is 5.32 Å². The molecule has 0 spiro atoms. The van der Waals surface area contributed by atoms with Crippen molar-refractivity contribution < 1.29 is 9.50 Å². The van der Waals surface area contributed by atoms with Gasteiger partial charge in [0.1, 0.15) is 11.6 Å². The molecular weight excluding hydrogens is 421 g/mol. The minimum atomic E-state index is -0.266. The van der Waals surface area contributed by atoms with Crippen LogP contribution in [0.15, 0.2) is 54.9 Å². The molecule has 0 bridgehead atoms. The SMILES string of the molecule is Cn1ncc(Nc2nccc(-c3cc4c5c(c3)c(O)c(Cc3ccccc3F)n5CC4)n2)n1. The van der Waals surface area contributed by atoms with Crippen LogP contribution in [0.3, 0.4) is 0 Å². The second-order valence-corrected chi connectivity index (χ2v) is 8.11. The quantitative estimate of drug-likeness (QED) is 0.429. The third-order valence-corrected chi connectivity index (χ3v) is 6.02. The maximum Gasteiger partial charge on any atom is 0.228 e. The largest absolute Gasteiger partial charge is 0.505 e. The summed E-state index contributed by atoms with van der Waals surface area (Å²) in [6.45, 7) is 0.753. The monoisotopic (exact) mass is 441 g/mol. The fourth-order valence-corrected chi connectivity index (χ4v) is 4.53. The third kappa shape index (κ3) is 3.29. The van der Waals surface area contributed by atoms with Gasteiger partial charge in [-0.1, -0.05) is 18.2 Å². The number of nitrogens with zero attached hydrogens (tertiary/aromatic N) is 6. The van der Waals surface area contributed by atoms with E-state index in [1.165, 1.54) is 10.9 Å². The molecular formula is C24H20FN7O. The van der Waals surface area contributed by atoms with Gasteiger partial charge in [-0.2, -0.15) is 9.90 Å². The number of benzene rings is 2. The smallest absolute Gasteiger partial charge is 0.228 e. The molecule has 0 atom stereocenters. The highest BCUT2D eigenvalue weighted by molar-refractivity contribution is 5.95. The zero-order valence-corrected chi connectivity index (χ0v) is 17.8. The number of aryl methyl sites for hydroxylation is 3. The summed E-state index contributed by atoms with van der Waals surface area (Å²) in [6.07, 6.45) is 4.46. The van der Waals surface area contributed by atoms with Crippen molar-refractivity contribution in [3.63, 3.8) is 0 Å². The highest BCUT2D eigenvalue weighted by Crippen LogP contribution is 2.41. The minimum Gasteiger partial charge on any atom is -0.505 e. The normalized spacial score (nSPS) is 12.5. The van der Waals surface area contributed by atoms with Gasteiger partial charge in [-0.05, 0) is 41.8 Å². The average Bonchev–Trinajstić information content (AvgIpc) is 3.50. The first kappa shape index (κ1) is 19.4. The van der Waals surface area contributed by atoms with Gasteiger partial charge in [-0.25, -0.2) is 14.4 Å². The van der Waals surface area contributed by atoms with E-state index in [9.17, 15) is 9.50 Å². The summed E-state index contributed by atoms with van der Waals surface area (Å²) in [6, 6.07) is 12.6. The maximum absolute atomic E-state index is 14.3. The molecule has 6 rings (SSSR count). The summed E-state index contributed by atoms with van der Waals surface area (Å²) < 4.78 is 16.4. The number of hydrogen-bond donors (Lipinski definition) is 2. The molecule has 0 unspecified atom stereocenters. The van der Waals surface area contributed by atoms with Crippen LogP contribution in [0, 0.1) is 5.82 Å². The highest BCUT2D eigenvalue weighted by atomic mass is 19.1. The molecule has 5 aromatic rings. The van der Waals surface area contributed by atoms with E-state index >= 15 is 0 Å². The minimum absolute atomic E-state index is 0.197. The van der Waals surface area contributed by atoms with E-state index in [1.807, 2.05) is 18.2 Å². The van der Waals surface area contributed by atoms with Gasteiger partial charge >= 0.3 is 0 Å². The predicted molar refractivity (Wildman–Crippen MR) is 122 cm³/mol. The van der Waals surface area contributed by atoms with E-state index in [2.05, 4.69) is 36.1 Å². The Bertz CT molecular complexity index is 1520. The Morgan fingerprint density at radius 2 is 2.06 bits per heavy atom. The first-order chi connectivity index (χ1) is 16.1. The predicted octanol–water partition coefficient (Wildman–Crippen LogP) is 3.96. The van der Waals surface area contributed by atoms with Gasteiger partial charge in [0.25, 0.3) is 0 Å². The van der Waals surface area contributed by atoms with Crippen molar-refractivity contribution in [2.45, 2.75) is 19.4 Å². The lowest BCUT2D eigenvalue weighted by atomic mass is 10.0. The maximum atomic E-state index is 14.3. The molecule has 0 aliphatic carbocycles. The fraction of sp³-hybridized carbons (Fsp3) is 0.167. The van der Waals surface area contributed by atoms with Crippen LogP contribution in [-0.2, 0) is 26.4 Å². The van der Waals surface area contributed by atoms with Crippen LogP contribution in [0.2, 0.25) is 0 Å². The molecule has 3 aromatic heterocycles. The molecule has 1 aliphatic heterocycles. The van der Waals surface area contributed by atoms with Crippen LogP contribution in [0.1, 0.15) is 16.8 Å². The van der Waals surface area contributed by atoms with Crippen molar-refractivity contribution in [1.82, 2.24) is 29.5 Å². The number of anilines is 2. The average molecular weight is 441 g/mol. The summed E-state index contributed by atoms with van der Waals surface area (Å²) >= 11 is 0. The van der Waals surface area contributed by atoms with Gasteiger partial charge in [0.2, 0.25) is 5.95 Å². The van der Waals surface area contributed by atoms with E-state index in [1.54, 1.807) is 31.6 Å². The van der Waals surface area contributed by atoms with Crippen LogP contribution in [0.5, 0.6) is 5.75 Å². The molecule has 2 aromatic carbocycles. The van der Waals surface area contributed by atoms with Gasteiger partial charge in [0.15, 0.2) is 5.82 Å². The number of aromatic nitrogens is 6. The first-order valence-electron chi connectivity index (χ1n) is 10.6. The molecule has 0 amide bonds. The molecule has 1 aliphatic rings. The number of nitrogens with one attached hydrogen (secondary N) is 1. The van der Waals surface area contributed by atoms with Crippen LogP contribution in [0.4, 0.5) is 16.2 Å². The fourth-order valence-electron chi connectivity index (χ4n) is 4.53. The number of aromatic hydroxyl groups is 1. The first-order valence-corrected chi connectivity index (χ1v) is 10.6. The molecule has 0 fully saturated rings. The summed E-state index contributed by atoms with van der Waals surface area (Å²) in [5, 5.41) is 23.1. The topological polar surface area (TPSA) is 93.7 Å². The lowest BCUT2D eigenvalue weighted by Crippen LogP contribution is -2.02. The summed E-state index contributed by atoms with van der Waals surface area (Å²) in [4.78, 5) is 10.4. The van der Waals surface area contributed by atoms with Crippen molar-refractivity contribution in [3.8, 4) is 17.0 Å². The second kappa shape index (κ2) is 7.40. The summed E-state index contributed by atoms with van der Waals surface area (Å²) in [5.41, 5.74) is 5.06. The van der Waals surface area contributed by atoms with Gasteiger partial charge in [-0.15, -0.1) is 5.10 Å². The third-order valence-electron chi connectivity index (χ3n) is 6.02. The molecule has 0 saturated heterocycles. The van der Waals surface area contributed by atoms with Crippen molar-refractivity contribution in [1.29, 1.82) is 0 Å². The number of halogens is 1. The zero-order valence-electron chi connectivity index (χ0n) is 17.8. The molecule has 164 valence electrons. The van der Waals surface area contributed by atoms with E-state index in [4.69, 9.17) is 0 Å². The Morgan fingerprint density at radius 3 is 2.88 bits per heavy atom. The van der Waals surface area contributed by atoms with Crippen LogP contribution in [-0.4, -0.2) is 34.6 Å². The molecule has 0 radical (unpaired) electrons. The molecule has 9 heteroatoms. The van der Waals surface area contributed by atoms with Gasteiger partial charge in [0.05, 0.1) is 23.1 Å². The number of hydrogen-bond acceptors (Lipinski definition) is 6. The standard InChI is InChI=1S/C24H20FN7O/c1-31-27-13-21(30-31)29-24-26-8-6-19(28-24)16-10-15-7-9-32-20(23(33)17(11-16)22(15)32)12-14-4-2-3-5-18(14)25/h2-6,8,10-11,13,33H,7,9,12H2,1H3,(H,26,28,29,30). The Hall–Kier alpha value is -4.27. The van der Waals surface area contributed by atoms with Crippen molar-refractivity contribution in [3.05, 3.63) is 77.5 Å². The van der Waals surface area contributed by atoms with Crippen molar-refractivity contribution in [2.75, 3.05) is 5.32 Å². The lowest BCUT2D eigenvalue weighted by Gasteiger charge is -2.08. The lowest BCUT2D eigenvalue weighted by molar-refractivity contribution is 0.469. The molecule has 0 saturated carbocycles. The number of rotatable bonds is 5. The van der Waals surface area contributed by atoms with Crippen LogP contribution >= 0.6 is 0 Å². The van der Waals surface area contributed by atoms with E-state index < -0.39 is 0 Å². The molecule has 33 heavy (non-hydrogen) atoms. The summed E-state index contributed by atoms with van der Waals surface area (Å²) in [5.74, 6) is 0.892. The van der Waals surface area contributed by atoms with E-state index in [0.717, 1.165) is 46.4 Å². The molecule has 8 nitrogen and oxygen atoms in total.